The first kappa shape index (κ1) is 11.2. The van der Waals surface area contributed by atoms with Crippen LogP contribution in [0, 0.1) is 5.92 Å². The first-order valence-corrected chi connectivity index (χ1v) is 5.45. The van der Waals surface area contributed by atoms with E-state index in [0.717, 1.165) is 11.1 Å². The molecule has 0 fully saturated rings. The zero-order valence-electron chi connectivity index (χ0n) is 9.34. The molecule has 1 N–H and O–H groups in total. The van der Waals surface area contributed by atoms with Crippen LogP contribution in [-0.2, 0) is 4.65 Å². The van der Waals surface area contributed by atoms with Crippen LogP contribution >= 0.6 is 0 Å². The Balaban J connectivity index is 2.29. The fourth-order valence-corrected chi connectivity index (χ4v) is 1.94. The maximum Gasteiger partial charge on any atom is 0.483 e. The highest BCUT2D eigenvalue weighted by Crippen LogP contribution is 2.31. The second-order valence-corrected chi connectivity index (χ2v) is 4.07. The van der Waals surface area contributed by atoms with Gasteiger partial charge in [0.05, 0.1) is 6.10 Å². The maximum atomic E-state index is 9.46. The summed E-state index contributed by atoms with van der Waals surface area (Å²) in [4.78, 5) is 0. The largest absolute Gasteiger partial charge is 0.483 e. The van der Waals surface area contributed by atoms with E-state index in [0.29, 0.717) is 0 Å². The molecule has 1 aliphatic heterocycles. The molecule has 2 atom stereocenters. The highest BCUT2D eigenvalue weighted by atomic mass is 16.5. The predicted molar refractivity (Wildman–Crippen MR) is 66.6 cm³/mol. The van der Waals surface area contributed by atoms with Crippen molar-refractivity contribution in [2.75, 3.05) is 0 Å². The van der Waals surface area contributed by atoms with E-state index in [4.69, 9.17) is 4.65 Å². The van der Waals surface area contributed by atoms with Crippen LogP contribution in [0.15, 0.2) is 42.9 Å². The van der Waals surface area contributed by atoms with Gasteiger partial charge in [-0.05, 0) is 17.2 Å². The normalized spacial score (nSPS) is 24.5. The minimum Gasteiger partial charge on any atom is -0.423 e. The molecule has 1 aromatic rings. The van der Waals surface area contributed by atoms with E-state index in [1.807, 2.05) is 36.4 Å². The molecule has 0 radical (unpaired) electrons. The van der Waals surface area contributed by atoms with Gasteiger partial charge in [-0.1, -0.05) is 49.8 Å². The highest BCUT2D eigenvalue weighted by Gasteiger charge is 2.27. The Morgan fingerprint density at radius 1 is 1.50 bits per heavy atom. The van der Waals surface area contributed by atoms with E-state index in [-0.39, 0.29) is 12.0 Å². The van der Waals surface area contributed by atoms with Gasteiger partial charge in [0.15, 0.2) is 0 Å². The molecule has 1 aromatic carbocycles. The number of benzene rings is 1. The molecule has 0 bridgehead atoms. The number of hydrogen-bond donors (Lipinski definition) is 1. The lowest BCUT2D eigenvalue weighted by Gasteiger charge is -2.27. The van der Waals surface area contributed by atoms with Gasteiger partial charge in [-0.15, -0.1) is 0 Å². The Hall–Kier alpha value is -1.32. The molecule has 82 valence electrons. The lowest BCUT2D eigenvalue weighted by atomic mass is 9.81. The van der Waals surface area contributed by atoms with Crippen molar-refractivity contribution >= 4 is 13.2 Å². The molecule has 0 unspecified atom stereocenters. The molecule has 1 heterocycles. The monoisotopic (exact) mass is 214 g/mol. The summed E-state index contributed by atoms with van der Waals surface area (Å²) in [6, 6.07) is 8.03. The molecule has 0 aliphatic carbocycles. The fraction of sp³-hybridized carbons (Fsp3) is 0.231. The SMILES string of the molecule is C=Cc1cccc([C@@H]2OB(O)C=C[C@H]2C)c1. The minimum atomic E-state index is -0.798. The first-order valence-electron chi connectivity index (χ1n) is 5.45. The summed E-state index contributed by atoms with van der Waals surface area (Å²) in [7, 11) is -0.798. The highest BCUT2D eigenvalue weighted by molar-refractivity contribution is 6.49. The van der Waals surface area contributed by atoms with E-state index in [1.165, 1.54) is 0 Å². The Morgan fingerprint density at radius 2 is 2.31 bits per heavy atom. The maximum absolute atomic E-state index is 9.46. The smallest absolute Gasteiger partial charge is 0.423 e. The molecule has 0 saturated heterocycles. The van der Waals surface area contributed by atoms with E-state index < -0.39 is 7.12 Å². The van der Waals surface area contributed by atoms with Gasteiger partial charge in [-0.2, -0.15) is 0 Å². The molecule has 16 heavy (non-hydrogen) atoms. The summed E-state index contributed by atoms with van der Waals surface area (Å²) < 4.78 is 5.52. The Kier molecular flexibility index (Phi) is 3.27. The van der Waals surface area contributed by atoms with Crippen molar-refractivity contribution in [2.45, 2.75) is 13.0 Å². The van der Waals surface area contributed by atoms with Gasteiger partial charge in [0.2, 0.25) is 0 Å². The van der Waals surface area contributed by atoms with Crippen molar-refractivity contribution in [3.05, 3.63) is 54.0 Å². The van der Waals surface area contributed by atoms with Crippen LogP contribution in [0.2, 0.25) is 0 Å². The van der Waals surface area contributed by atoms with Crippen molar-refractivity contribution in [1.82, 2.24) is 0 Å². The molecule has 0 aromatic heterocycles. The summed E-state index contributed by atoms with van der Waals surface area (Å²) in [5, 5.41) is 9.46. The summed E-state index contributed by atoms with van der Waals surface area (Å²) in [6.45, 7) is 5.82. The van der Waals surface area contributed by atoms with Crippen LogP contribution < -0.4 is 0 Å². The quantitative estimate of drug-likeness (QED) is 0.766. The summed E-state index contributed by atoms with van der Waals surface area (Å²) >= 11 is 0. The molecule has 1 aliphatic rings. The third-order valence-electron chi connectivity index (χ3n) is 2.82. The lowest BCUT2D eigenvalue weighted by molar-refractivity contribution is 0.133. The zero-order chi connectivity index (χ0) is 11.5. The van der Waals surface area contributed by atoms with Crippen molar-refractivity contribution in [1.29, 1.82) is 0 Å². The van der Waals surface area contributed by atoms with Gasteiger partial charge in [-0.3, -0.25) is 0 Å². The molecule has 0 saturated carbocycles. The van der Waals surface area contributed by atoms with Gasteiger partial charge in [-0.25, -0.2) is 0 Å². The summed E-state index contributed by atoms with van der Waals surface area (Å²) in [5.74, 6) is 1.95. The van der Waals surface area contributed by atoms with Crippen molar-refractivity contribution in [2.24, 2.45) is 5.92 Å². The number of rotatable bonds is 2. The van der Waals surface area contributed by atoms with E-state index in [2.05, 4.69) is 13.5 Å². The van der Waals surface area contributed by atoms with E-state index >= 15 is 0 Å². The standard InChI is InChI=1S/C13H15BO2/c1-3-11-5-4-6-12(9-11)13-10(2)7-8-14(15)16-13/h3-10,13,15H,1H2,2H3/t10-,13-/m1/s1. The first-order chi connectivity index (χ1) is 7.70. The topological polar surface area (TPSA) is 29.5 Å². The van der Waals surface area contributed by atoms with Crippen molar-refractivity contribution in [3.63, 3.8) is 0 Å². The van der Waals surface area contributed by atoms with Crippen LogP contribution in [0.3, 0.4) is 0 Å². The van der Waals surface area contributed by atoms with Gasteiger partial charge in [0.1, 0.15) is 0 Å². The molecule has 0 amide bonds. The zero-order valence-corrected chi connectivity index (χ0v) is 9.34. The predicted octanol–water partition coefficient (Wildman–Crippen LogP) is 2.61. The average Bonchev–Trinajstić information content (AvgIpc) is 2.32. The molecule has 2 nitrogen and oxygen atoms in total. The van der Waals surface area contributed by atoms with E-state index in [1.54, 1.807) is 5.98 Å². The second-order valence-electron chi connectivity index (χ2n) is 4.07. The lowest BCUT2D eigenvalue weighted by Crippen LogP contribution is -2.27. The molecule has 3 heteroatoms. The van der Waals surface area contributed by atoms with E-state index in [9.17, 15) is 5.02 Å². The molecular formula is C13H15BO2. The Labute approximate surface area is 96.4 Å². The average molecular weight is 214 g/mol. The summed E-state index contributed by atoms with van der Waals surface area (Å²) in [5.41, 5.74) is 2.14. The molecule has 0 spiro atoms. The minimum absolute atomic E-state index is 0.0834. The third-order valence-corrected chi connectivity index (χ3v) is 2.82. The van der Waals surface area contributed by atoms with Gasteiger partial charge < -0.3 is 9.68 Å². The van der Waals surface area contributed by atoms with Crippen LogP contribution in [0.4, 0.5) is 0 Å². The van der Waals surface area contributed by atoms with Crippen LogP contribution in [0.25, 0.3) is 6.08 Å². The summed E-state index contributed by atoms with van der Waals surface area (Å²) in [6.07, 6.45) is 3.71. The van der Waals surface area contributed by atoms with Crippen LogP contribution in [-0.4, -0.2) is 12.1 Å². The molecule has 2 rings (SSSR count). The van der Waals surface area contributed by atoms with Crippen LogP contribution in [0.5, 0.6) is 0 Å². The van der Waals surface area contributed by atoms with Crippen LogP contribution in [0.1, 0.15) is 24.2 Å². The van der Waals surface area contributed by atoms with Gasteiger partial charge in [0, 0.05) is 5.92 Å². The number of hydrogen-bond acceptors (Lipinski definition) is 2. The van der Waals surface area contributed by atoms with Crippen molar-refractivity contribution < 1.29 is 9.68 Å². The Morgan fingerprint density at radius 3 is 3.06 bits per heavy atom. The van der Waals surface area contributed by atoms with Gasteiger partial charge in [0.25, 0.3) is 0 Å². The third kappa shape index (κ3) is 2.26. The second kappa shape index (κ2) is 4.68. The fourth-order valence-electron chi connectivity index (χ4n) is 1.94. The van der Waals surface area contributed by atoms with Crippen molar-refractivity contribution in [3.8, 4) is 0 Å². The van der Waals surface area contributed by atoms with Gasteiger partial charge >= 0.3 is 7.12 Å². The molecular weight excluding hydrogens is 199 g/mol. The Bertz CT molecular complexity index is 414.